The number of aromatic nitrogens is 4. The first kappa shape index (κ1) is 34.2. The van der Waals surface area contributed by atoms with E-state index in [1.54, 1.807) is 0 Å². The van der Waals surface area contributed by atoms with Gasteiger partial charge in [0.15, 0.2) is 0 Å². The summed E-state index contributed by atoms with van der Waals surface area (Å²) in [5, 5.41) is 11.9. The molecule has 0 saturated carbocycles. The summed E-state index contributed by atoms with van der Waals surface area (Å²) >= 11 is 0. The molecule has 14 rings (SSSR count). The Hall–Kier alpha value is -8.54. The second-order valence-electron chi connectivity index (χ2n) is 16.5. The first-order valence-electron chi connectivity index (χ1n) is 21.4. The van der Waals surface area contributed by atoms with E-state index in [1.165, 1.54) is 59.8 Å². The van der Waals surface area contributed by atoms with E-state index < -0.39 is 0 Å². The van der Waals surface area contributed by atoms with Crippen LogP contribution in [0.2, 0.25) is 0 Å². The van der Waals surface area contributed by atoms with Crippen LogP contribution in [0.3, 0.4) is 0 Å². The largest absolute Gasteiger partial charge is 0.456 e. The summed E-state index contributed by atoms with van der Waals surface area (Å²) in [5.41, 5.74) is 14.0. The maximum absolute atomic E-state index is 6.34. The highest BCUT2D eigenvalue weighted by atomic mass is 16.3. The van der Waals surface area contributed by atoms with Crippen molar-refractivity contribution in [3.8, 4) is 33.9 Å². The van der Waals surface area contributed by atoms with E-state index in [4.69, 9.17) is 14.4 Å². The zero-order valence-corrected chi connectivity index (χ0v) is 33.8. The van der Waals surface area contributed by atoms with Crippen molar-refractivity contribution < 1.29 is 4.42 Å². The first-order chi connectivity index (χ1) is 31.3. The molecule has 0 aliphatic heterocycles. The standard InChI is InChI=1S/C58H34N4O/c1-3-16-39-35(14-1)30-33-49-53(39)41-18-5-11-25-48(41)62(49)58-40-17-4-2-15-37(40)34-50-55(58)42-19-6-10-24-47(42)61(50)38-31-28-36(29-32-38)56-57(60-46-23-9-8-22-45(46)59-56)44-21-13-27-52-54(44)43-20-7-12-26-51(43)63-52/h1-34H. The molecule has 0 aliphatic carbocycles. The SMILES string of the molecule is c1ccc2c(-n3c4ccccc4c4c5ccccc5ccc43)c3c4ccccc4n(-c4ccc(-c5nc6ccccc6nc5-c5cccc6oc7ccccc7c56)cc4)c3cc2c1. The molecule has 14 aromatic rings. The van der Waals surface area contributed by atoms with Crippen molar-refractivity contribution >= 4 is 98.1 Å². The molecule has 0 amide bonds. The Morgan fingerprint density at radius 2 is 0.952 bits per heavy atom. The fourth-order valence-electron chi connectivity index (χ4n) is 10.4. The molecule has 0 atom stereocenters. The molecule has 0 saturated heterocycles. The summed E-state index contributed by atoms with van der Waals surface area (Å²) in [4.78, 5) is 10.6. The topological polar surface area (TPSA) is 48.8 Å². The Morgan fingerprint density at radius 1 is 0.349 bits per heavy atom. The highest BCUT2D eigenvalue weighted by molar-refractivity contribution is 6.25. The molecule has 4 heterocycles. The van der Waals surface area contributed by atoms with Crippen LogP contribution in [0.15, 0.2) is 211 Å². The van der Waals surface area contributed by atoms with Gasteiger partial charge >= 0.3 is 0 Å². The van der Waals surface area contributed by atoms with Crippen molar-refractivity contribution in [2.24, 2.45) is 0 Å². The minimum Gasteiger partial charge on any atom is -0.456 e. The van der Waals surface area contributed by atoms with Gasteiger partial charge in [0, 0.05) is 54.5 Å². The maximum Gasteiger partial charge on any atom is 0.136 e. The molecule has 0 N–H and O–H groups in total. The number of furan rings is 1. The van der Waals surface area contributed by atoms with Gasteiger partial charge in [-0.1, -0.05) is 146 Å². The molecule has 0 radical (unpaired) electrons. The summed E-state index contributed by atoms with van der Waals surface area (Å²) in [6, 6.07) is 73.7. The van der Waals surface area contributed by atoms with Crippen molar-refractivity contribution in [2.45, 2.75) is 0 Å². The van der Waals surface area contributed by atoms with Crippen molar-refractivity contribution in [3.05, 3.63) is 206 Å². The van der Waals surface area contributed by atoms with Gasteiger partial charge in [0.2, 0.25) is 0 Å². The normalized spacial score (nSPS) is 12.1. The lowest BCUT2D eigenvalue weighted by atomic mass is 9.98. The van der Waals surface area contributed by atoms with Crippen LogP contribution in [0.4, 0.5) is 0 Å². The zero-order valence-electron chi connectivity index (χ0n) is 33.8. The molecule has 63 heavy (non-hydrogen) atoms. The molecule has 0 fully saturated rings. The Labute approximate surface area is 360 Å². The van der Waals surface area contributed by atoms with Gasteiger partial charge in [-0.25, -0.2) is 9.97 Å². The lowest BCUT2D eigenvalue weighted by Crippen LogP contribution is -1.99. The average Bonchev–Trinajstić information content (AvgIpc) is 4.01. The van der Waals surface area contributed by atoms with Gasteiger partial charge in [-0.15, -0.1) is 0 Å². The average molecular weight is 803 g/mol. The summed E-state index contributed by atoms with van der Waals surface area (Å²) in [6.07, 6.45) is 0. The second-order valence-corrected chi connectivity index (χ2v) is 16.5. The lowest BCUT2D eigenvalue weighted by Gasteiger charge is -2.16. The molecule has 10 aromatic carbocycles. The van der Waals surface area contributed by atoms with Crippen LogP contribution in [0.25, 0.3) is 132 Å². The van der Waals surface area contributed by atoms with Crippen LogP contribution in [0.5, 0.6) is 0 Å². The Morgan fingerprint density at radius 3 is 1.75 bits per heavy atom. The number of hydrogen-bond donors (Lipinski definition) is 0. The maximum atomic E-state index is 6.34. The van der Waals surface area contributed by atoms with Crippen molar-refractivity contribution in [3.63, 3.8) is 0 Å². The molecule has 0 aliphatic rings. The van der Waals surface area contributed by atoms with E-state index in [1.807, 2.05) is 48.5 Å². The predicted octanol–water partition coefficient (Wildman–Crippen LogP) is 15.4. The number of hydrogen-bond acceptors (Lipinski definition) is 3. The van der Waals surface area contributed by atoms with Crippen LogP contribution >= 0.6 is 0 Å². The molecule has 0 spiro atoms. The van der Waals surface area contributed by atoms with Crippen LogP contribution in [-0.4, -0.2) is 19.1 Å². The third-order valence-corrected chi connectivity index (χ3v) is 13.1. The Kier molecular flexibility index (Phi) is 7.05. The van der Waals surface area contributed by atoms with Gasteiger partial charge in [0.05, 0.1) is 50.2 Å². The molecular weight excluding hydrogens is 769 g/mol. The number of benzene rings is 10. The van der Waals surface area contributed by atoms with E-state index in [-0.39, 0.29) is 0 Å². The van der Waals surface area contributed by atoms with Gasteiger partial charge in [-0.05, 0) is 76.8 Å². The third kappa shape index (κ3) is 4.87. The summed E-state index contributed by atoms with van der Waals surface area (Å²) in [6.45, 7) is 0. The first-order valence-corrected chi connectivity index (χ1v) is 21.4. The van der Waals surface area contributed by atoms with Gasteiger partial charge in [0.25, 0.3) is 0 Å². The summed E-state index contributed by atoms with van der Waals surface area (Å²) < 4.78 is 11.3. The summed E-state index contributed by atoms with van der Waals surface area (Å²) in [5.74, 6) is 0. The smallest absolute Gasteiger partial charge is 0.136 e. The molecule has 292 valence electrons. The predicted molar refractivity (Wildman–Crippen MR) is 261 cm³/mol. The molecule has 0 bridgehead atoms. The second kappa shape index (κ2) is 13.0. The molecule has 5 heteroatoms. The van der Waals surface area contributed by atoms with Gasteiger partial charge in [-0.2, -0.15) is 0 Å². The molecule has 5 nitrogen and oxygen atoms in total. The lowest BCUT2D eigenvalue weighted by molar-refractivity contribution is 0.669. The van der Waals surface area contributed by atoms with Gasteiger partial charge < -0.3 is 13.6 Å². The number of rotatable bonds is 4. The van der Waals surface area contributed by atoms with E-state index in [0.717, 1.165) is 72.2 Å². The molecule has 4 aromatic heterocycles. The summed E-state index contributed by atoms with van der Waals surface area (Å²) in [7, 11) is 0. The zero-order chi connectivity index (χ0) is 41.2. The van der Waals surface area contributed by atoms with Gasteiger partial charge in [0.1, 0.15) is 11.2 Å². The van der Waals surface area contributed by atoms with Crippen LogP contribution < -0.4 is 0 Å². The van der Waals surface area contributed by atoms with E-state index in [0.29, 0.717) is 0 Å². The van der Waals surface area contributed by atoms with E-state index >= 15 is 0 Å². The fourth-order valence-corrected chi connectivity index (χ4v) is 10.4. The highest BCUT2D eigenvalue weighted by Gasteiger charge is 2.24. The minimum atomic E-state index is 0.825. The monoisotopic (exact) mass is 802 g/mol. The minimum absolute atomic E-state index is 0.825. The van der Waals surface area contributed by atoms with E-state index in [9.17, 15) is 0 Å². The van der Waals surface area contributed by atoms with Crippen molar-refractivity contribution in [1.82, 2.24) is 19.1 Å². The quantitative estimate of drug-likeness (QED) is 0.178. The third-order valence-electron chi connectivity index (χ3n) is 13.1. The van der Waals surface area contributed by atoms with E-state index in [2.05, 4.69) is 167 Å². The van der Waals surface area contributed by atoms with Crippen molar-refractivity contribution in [1.29, 1.82) is 0 Å². The van der Waals surface area contributed by atoms with Crippen LogP contribution in [0.1, 0.15) is 0 Å². The molecule has 0 unspecified atom stereocenters. The Balaban J connectivity index is 1.02. The number of nitrogens with zero attached hydrogens (tertiary/aromatic N) is 4. The Bertz CT molecular complexity index is 4210. The van der Waals surface area contributed by atoms with Crippen LogP contribution in [-0.2, 0) is 0 Å². The van der Waals surface area contributed by atoms with Gasteiger partial charge in [-0.3, -0.25) is 0 Å². The highest BCUT2D eigenvalue weighted by Crippen LogP contribution is 2.45. The molecular formula is C58H34N4O. The number of fused-ring (bicyclic) bond motifs is 13. The fraction of sp³-hybridized carbons (Fsp3) is 0. The van der Waals surface area contributed by atoms with Crippen molar-refractivity contribution in [2.75, 3.05) is 0 Å². The number of para-hydroxylation sites is 5. The van der Waals surface area contributed by atoms with Crippen LogP contribution in [0, 0.1) is 0 Å².